The van der Waals surface area contributed by atoms with Gasteiger partial charge in [-0.3, -0.25) is 15.0 Å². The third kappa shape index (κ3) is 3.45. The first-order valence-electron chi connectivity index (χ1n) is 7.83. The summed E-state index contributed by atoms with van der Waals surface area (Å²) in [6.07, 6.45) is 2.50. The SMILES string of the molecule is Cc1ccc(CN2CCO[C@@H]([C@@H]3CCCO3)C2)cc1[N+](=O)[O-]. The van der Waals surface area contributed by atoms with E-state index in [-0.39, 0.29) is 22.8 Å². The average molecular weight is 306 g/mol. The molecule has 0 aliphatic carbocycles. The Morgan fingerprint density at radius 2 is 2.14 bits per heavy atom. The van der Waals surface area contributed by atoms with Crippen LogP contribution in [0.2, 0.25) is 0 Å². The lowest BCUT2D eigenvalue weighted by atomic mass is 10.1. The first-order chi connectivity index (χ1) is 10.6. The Morgan fingerprint density at radius 1 is 1.32 bits per heavy atom. The second kappa shape index (κ2) is 6.73. The van der Waals surface area contributed by atoms with E-state index in [2.05, 4.69) is 4.90 Å². The van der Waals surface area contributed by atoms with Crippen molar-refractivity contribution in [3.63, 3.8) is 0 Å². The van der Waals surface area contributed by atoms with Crippen molar-refractivity contribution in [1.29, 1.82) is 0 Å². The van der Waals surface area contributed by atoms with Crippen LogP contribution in [0.3, 0.4) is 0 Å². The van der Waals surface area contributed by atoms with Crippen LogP contribution in [-0.2, 0) is 16.0 Å². The van der Waals surface area contributed by atoms with Crippen LogP contribution >= 0.6 is 0 Å². The quantitative estimate of drug-likeness (QED) is 0.631. The molecule has 2 aliphatic rings. The summed E-state index contributed by atoms with van der Waals surface area (Å²) >= 11 is 0. The summed E-state index contributed by atoms with van der Waals surface area (Å²) in [7, 11) is 0. The molecule has 0 saturated carbocycles. The maximum Gasteiger partial charge on any atom is 0.272 e. The van der Waals surface area contributed by atoms with Crippen LogP contribution in [-0.4, -0.2) is 48.3 Å². The largest absolute Gasteiger partial charge is 0.375 e. The fourth-order valence-corrected chi connectivity index (χ4v) is 3.20. The van der Waals surface area contributed by atoms with Crippen LogP contribution in [0.25, 0.3) is 0 Å². The predicted molar refractivity (Wildman–Crippen MR) is 81.8 cm³/mol. The Hall–Kier alpha value is -1.50. The smallest absolute Gasteiger partial charge is 0.272 e. The number of rotatable bonds is 4. The summed E-state index contributed by atoms with van der Waals surface area (Å²) in [5.74, 6) is 0. The number of hydrogen-bond donors (Lipinski definition) is 0. The lowest BCUT2D eigenvalue weighted by Crippen LogP contribution is -2.47. The van der Waals surface area contributed by atoms with Gasteiger partial charge in [0.2, 0.25) is 0 Å². The molecule has 1 aromatic carbocycles. The second-order valence-corrected chi connectivity index (χ2v) is 6.07. The molecule has 0 spiro atoms. The first-order valence-corrected chi connectivity index (χ1v) is 7.83. The molecule has 0 N–H and O–H groups in total. The van der Waals surface area contributed by atoms with Gasteiger partial charge in [0.05, 0.1) is 23.7 Å². The van der Waals surface area contributed by atoms with Gasteiger partial charge in [-0.05, 0) is 25.3 Å². The molecule has 2 saturated heterocycles. The molecule has 3 rings (SSSR count). The number of nitrogens with zero attached hydrogens (tertiary/aromatic N) is 2. The monoisotopic (exact) mass is 306 g/mol. The van der Waals surface area contributed by atoms with Crippen molar-refractivity contribution in [2.24, 2.45) is 0 Å². The van der Waals surface area contributed by atoms with Crippen molar-refractivity contribution < 1.29 is 14.4 Å². The van der Waals surface area contributed by atoms with Gasteiger partial charge in [-0.2, -0.15) is 0 Å². The minimum absolute atomic E-state index is 0.122. The molecule has 0 bridgehead atoms. The second-order valence-electron chi connectivity index (χ2n) is 6.07. The van der Waals surface area contributed by atoms with Gasteiger partial charge in [-0.25, -0.2) is 0 Å². The number of nitro benzene ring substituents is 1. The lowest BCUT2D eigenvalue weighted by molar-refractivity contribution is -0.385. The fraction of sp³-hybridized carbons (Fsp3) is 0.625. The summed E-state index contributed by atoms with van der Waals surface area (Å²) in [5.41, 5.74) is 1.87. The molecule has 2 fully saturated rings. The van der Waals surface area contributed by atoms with Crippen molar-refractivity contribution in [1.82, 2.24) is 4.90 Å². The van der Waals surface area contributed by atoms with Crippen molar-refractivity contribution in [3.05, 3.63) is 39.4 Å². The number of ether oxygens (including phenoxy) is 2. The number of hydrogen-bond acceptors (Lipinski definition) is 5. The van der Waals surface area contributed by atoms with Crippen molar-refractivity contribution >= 4 is 5.69 Å². The number of morpholine rings is 1. The van der Waals surface area contributed by atoms with Crippen LogP contribution in [0.15, 0.2) is 18.2 Å². The molecule has 0 unspecified atom stereocenters. The van der Waals surface area contributed by atoms with Gasteiger partial charge < -0.3 is 9.47 Å². The van der Waals surface area contributed by atoms with Gasteiger partial charge in [-0.15, -0.1) is 0 Å². The van der Waals surface area contributed by atoms with E-state index in [1.807, 2.05) is 12.1 Å². The molecule has 6 heteroatoms. The van der Waals surface area contributed by atoms with Crippen molar-refractivity contribution in [3.8, 4) is 0 Å². The third-order valence-corrected chi connectivity index (χ3v) is 4.43. The highest BCUT2D eigenvalue weighted by molar-refractivity contribution is 5.42. The molecule has 2 aliphatic heterocycles. The van der Waals surface area contributed by atoms with Gasteiger partial charge in [0.15, 0.2) is 0 Å². The van der Waals surface area contributed by atoms with Gasteiger partial charge in [0.1, 0.15) is 0 Å². The Balaban J connectivity index is 1.65. The maximum atomic E-state index is 11.0. The van der Waals surface area contributed by atoms with Crippen LogP contribution in [0.4, 0.5) is 5.69 Å². The number of benzene rings is 1. The minimum atomic E-state index is -0.312. The highest BCUT2D eigenvalue weighted by atomic mass is 16.6. The lowest BCUT2D eigenvalue weighted by Gasteiger charge is -2.35. The molecule has 0 radical (unpaired) electrons. The zero-order valence-corrected chi connectivity index (χ0v) is 12.9. The highest BCUT2D eigenvalue weighted by Gasteiger charge is 2.31. The first kappa shape index (κ1) is 15.4. The zero-order valence-electron chi connectivity index (χ0n) is 12.9. The van der Waals surface area contributed by atoms with E-state index in [9.17, 15) is 10.1 Å². The maximum absolute atomic E-state index is 11.0. The molecule has 120 valence electrons. The average Bonchev–Trinajstić information content (AvgIpc) is 3.03. The van der Waals surface area contributed by atoms with E-state index in [1.54, 1.807) is 13.0 Å². The summed E-state index contributed by atoms with van der Waals surface area (Å²) in [6, 6.07) is 5.48. The van der Waals surface area contributed by atoms with E-state index in [4.69, 9.17) is 9.47 Å². The van der Waals surface area contributed by atoms with Crippen LogP contribution < -0.4 is 0 Å². The van der Waals surface area contributed by atoms with E-state index in [0.717, 1.165) is 38.1 Å². The van der Waals surface area contributed by atoms with Crippen LogP contribution in [0.5, 0.6) is 0 Å². The molecule has 1 aromatic rings. The Morgan fingerprint density at radius 3 is 2.86 bits per heavy atom. The molecule has 0 amide bonds. The van der Waals surface area contributed by atoms with E-state index in [1.165, 1.54) is 0 Å². The summed E-state index contributed by atoms with van der Waals surface area (Å²) in [5, 5.41) is 11.0. The summed E-state index contributed by atoms with van der Waals surface area (Å²) in [4.78, 5) is 13.0. The Bertz CT molecular complexity index is 543. The van der Waals surface area contributed by atoms with Crippen LogP contribution in [0.1, 0.15) is 24.0 Å². The Kier molecular flexibility index (Phi) is 4.71. The highest BCUT2D eigenvalue weighted by Crippen LogP contribution is 2.23. The van der Waals surface area contributed by atoms with Crippen molar-refractivity contribution in [2.75, 3.05) is 26.3 Å². The molecule has 2 heterocycles. The molecular formula is C16H22N2O4. The minimum Gasteiger partial charge on any atom is -0.375 e. The topological polar surface area (TPSA) is 64.8 Å². The zero-order chi connectivity index (χ0) is 15.5. The normalized spacial score (nSPS) is 26.2. The molecule has 22 heavy (non-hydrogen) atoms. The van der Waals surface area contributed by atoms with Gasteiger partial charge in [0.25, 0.3) is 5.69 Å². The fourth-order valence-electron chi connectivity index (χ4n) is 3.20. The predicted octanol–water partition coefficient (Wildman–Crippen LogP) is 2.28. The summed E-state index contributed by atoms with van der Waals surface area (Å²) in [6.45, 7) is 5.68. The molecule has 0 aromatic heterocycles. The number of nitro groups is 1. The number of aryl methyl sites for hydroxylation is 1. The van der Waals surface area contributed by atoms with Gasteiger partial charge >= 0.3 is 0 Å². The van der Waals surface area contributed by atoms with E-state index >= 15 is 0 Å². The molecule has 6 nitrogen and oxygen atoms in total. The molecule has 2 atom stereocenters. The molecular weight excluding hydrogens is 284 g/mol. The Labute approximate surface area is 130 Å². The van der Waals surface area contributed by atoms with E-state index < -0.39 is 0 Å². The standard InChI is InChI=1S/C16H22N2O4/c1-12-4-5-13(9-14(12)18(19)20)10-17-6-8-22-16(11-17)15-3-2-7-21-15/h4-5,9,15-16H,2-3,6-8,10-11H2,1H3/t15-,16+/m0/s1. The van der Waals surface area contributed by atoms with E-state index in [0.29, 0.717) is 18.7 Å². The van der Waals surface area contributed by atoms with Crippen molar-refractivity contribution in [2.45, 2.75) is 38.5 Å². The summed E-state index contributed by atoms with van der Waals surface area (Å²) < 4.78 is 11.6. The van der Waals surface area contributed by atoms with Gasteiger partial charge in [-0.1, -0.05) is 12.1 Å². The van der Waals surface area contributed by atoms with Crippen LogP contribution in [0, 0.1) is 17.0 Å². The third-order valence-electron chi connectivity index (χ3n) is 4.43. The van der Waals surface area contributed by atoms with Gasteiger partial charge in [0, 0.05) is 37.9 Å².